The topological polar surface area (TPSA) is 114 Å². The predicted molar refractivity (Wildman–Crippen MR) is 68.2 cm³/mol. The molecule has 2 N–H and O–H groups in total. The Labute approximate surface area is 111 Å². The van der Waals surface area contributed by atoms with Crippen molar-refractivity contribution in [2.45, 2.75) is 26.8 Å². The lowest BCUT2D eigenvalue weighted by Crippen LogP contribution is -2.30. The van der Waals surface area contributed by atoms with E-state index >= 15 is 0 Å². The summed E-state index contributed by atoms with van der Waals surface area (Å²) in [4.78, 5) is 10.6. The van der Waals surface area contributed by atoms with Crippen LogP contribution in [-0.2, 0) is 16.6 Å². The van der Waals surface area contributed by atoms with Crippen LogP contribution in [0.5, 0.6) is 0 Å². The highest BCUT2D eigenvalue weighted by Crippen LogP contribution is 2.01. The van der Waals surface area contributed by atoms with Crippen LogP contribution in [0.3, 0.4) is 0 Å². The van der Waals surface area contributed by atoms with E-state index in [1.807, 2.05) is 13.8 Å². The van der Waals surface area contributed by atoms with Crippen LogP contribution in [0.15, 0.2) is 6.20 Å². The highest BCUT2D eigenvalue weighted by Gasteiger charge is 2.11. The normalized spacial score (nSPS) is 11.9. The van der Waals surface area contributed by atoms with Crippen LogP contribution >= 0.6 is 0 Å². The molecule has 0 amide bonds. The first-order valence-electron chi connectivity index (χ1n) is 5.91. The van der Waals surface area contributed by atoms with Crippen molar-refractivity contribution in [1.29, 1.82) is 0 Å². The fourth-order valence-electron chi connectivity index (χ4n) is 1.28. The van der Waals surface area contributed by atoms with E-state index in [0.29, 0.717) is 12.3 Å². The number of rotatable bonds is 8. The number of sulfonamides is 1. The fraction of sp³-hybridized carbons (Fsp3) is 0.700. The Hall–Kier alpha value is -1.48. The second-order valence-corrected chi connectivity index (χ2v) is 6.49. The number of hydrogen-bond acceptors (Lipinski definition) is 5. The van der Waals surface area contributed by atoms with E-state index in [1.165, 1.54) is 10.9 Å². The highest BCUT2D eigenvalue weighted by molar-refractivity contribution is 7.89. The molecule has 0 aliphatic heterocycles. The molecule has 0 aliphatic rings. The summed E-state index contributed by atoms with van der Waals surface area (Å²) in [5.41, 5.74) is -0.164. The number of carboxylic acid groups (broad SMARTS) is 1. The number of hydrogen-bond donors (Lipinski definition) is 2. The van der Waals surface area contributed by atoms with Crippen molar-refractivity contribution in [2.75, 3.05) is 12.3 Å². The van der Waals surface area contributed by atoms with Gasteiger partial charge in [-0.2, -0.15) is 0 Å². The molecule has 0 spiro atoms. The quantitative estimate of drug-likeness (QED) is 0.693. The highest BCUT2D eigenvalue weighted by atomic mass is 32.2. The molecule has 0 aromatic carbocycles. The van der Waals surface area contributed by atoms with Crippen LogP contribution in [0.25, 0.3) is 0 Å². The van der Waals surface area contributed by atoms with Gasteiger partial charge < -0.3 is 5.11 Å². The fourth-order valence-corrected chi connectivity index (χ4v) is 2.61. The van der Waals surface area contributed by atoms with Crippen molar-refractivity contribution in [3.05, 3.63) is 11.9 Å². The molecule has 1 aromatic rings. The van der Waals surface area contributed by atoms with Gasteiger partial charge in [-0.25, -0.2) is 17.9 Å². The van der Waals surface area contributed by atoms with Gasteiger partial charge in [-0.05, 0) is 12.3 Å². The van der Waals surface area contributed by atoms with Crippen molar-refractivity contribution in [3.8, 4) is 0 Å². The molecular weight excluding hydrogens is 272 g/mol. The van der Waals surface area contributed by atoms with E-state index in [9.17, 15) is 13.2 Å². The average Bonchev–Trinajstić information content (AvgIpc) is 2.75. The van der Waals surface area contributed by atoms with Crippen LogP contribution in [0.2, 0.25) is 0 Å². The zero-order chi connectivity index (χ0) is 14.5. The zero-order valence-corrected chi connectivity index (χ0v) is 11.7. The maximum atomic E-state index is 11.6. The lowest BCUT2D eigenvalue weighted by molar-refractivity contribution is 0.0690. The van der Waals surface area contributed by atoms with Gasteiger partial charge in [0.05, 0.1) is 18.5 Å². The summed E-state index contributed by atoms with van der Waals surface area (Å²) >= 11 is 0. The molecular formula is C10H18N4O4S. The third-order valence-corrected chi connectivity index (χ3v) is 3.80. The predicted octanol–water partition coefficient (Wildman–Crippen LogP) is -0.0582. The number of aromatic nitrogens is 3. The maximum absolute atomic E-state index is 11.6. The van der Waals surface area contributed by atoms with E-state index < -0.39 is 16.0 Å². The molecule has 0 saturated carbocycles. The first-order valence-corrected chi connectivity index (χ1v) is 7.56. The molecule has 19 heavy (non-hydrogen) atoms. The molecule has 9 heteroatoms. The van der Waals surface area contributed by atoms with E-state index in [2.05, 4.69) is 15.0 Å². The summed E-state index contributed by atoms with van der Waals surface area (Å²) < 4.78 is 26.9. The van der Waals surface area contributed by atoms with E-state index in [4.69, 9.17) is 5.11 Å². The van der Waals surface area contributed by atoms with Gasteiger partial charge >= 0.3 is 5.97 Å². The second-order valence-electron chi connectivity index (χ2n) is 4.57. The van der Waals surface area contributed by atoms with Crippen molar-refractivity contribution >= 4 is 16.0 Å². The monoisotopic (exact) mass is 290 g/mol. The molecule has 0 saturated heterocycles. The standard InChI is InChI=1S/C10H18N4O4S/c1-8(2)3-6-19(17,18)11-4-5-14-7-9(10(15)16)12-13-14/h7-8,11H,3-6H2,1-2H3,(H,15,16). The SMILES string of the molecule is CC(C)CCS(=O)(=O)NCCn1cc(C(=O)O)nn1. The van der Waals surface area contributed by atoms with Crippen LogP contribution in [0.4, 0.5) is 0 Å². The van der Waals surface area contributed by atoms with Gasteiger partial charge in [-0.1, -0.05) is 19.1 Å². The first kappa shape index (κ1) is 15.6. The smallest absolute Gasteiger partial charge is 0.358 e. The molecule has 1 aromatic heterocycles. The van der Waals surface area contributed by atoms with Crippen molar-refractivity contribution in [1.82, 2.24) is 19.7 Å². The lowest BCUT2D eigenvalue weighted by Gasteiger charge is -2.07. The Balaban J connectivity index is 2.38. The van der Waals surface area contributed by atoms with Gasteiger partial charge in [0.1, 0.15) is 0 Å². The van der Waals surface area contributed by atoms with Gasteiger partial charge in [0.2, 0.25) is 10.0 Å². The van der Waals surface area contributed by atoms with E-state index in [0.717, 1.165) is 0 Å². The summed E-state index contributed by atoms with van der Waals surface area (Å²) in [5, 5.41) is 15.7. The molecule has 0 atom stereocenters. The lowest BCUT2D eigenvalue weighted by atomic mass is 10.2. The third kappa shape index (κ3) is 5.79. The van der Waals surface area contributed by atoms with Crippen LogP contribution in [0.1, 0.15) is 30.8 Å². The average molecular weight is 290 g/mol. The van der Waals surface area contributed by atoms with Gasteiger partial charge in [0.15, 0.2) is 5.69 Å². The number of nitrogens with one attached hydrogen (secondary N) is 1. The Bertz CT molecular complexity index is 523. The minimum absolute atomic E-state index is 0.0857. The Morgan fingerprint density at radius 3 is 2.74 bits per heavy atom. The summed E-state index contributed by atoms with van der Waals surface area (Å²) in [6, 6.07) is 0. The van der Waals surface area contributed by atoms with Gasteiger partial charge in [0.25, 0.3) is 0 Å². The molecule has 0 aliphatic carbocycles. The van der Waals surface area contributed by atoms with Crippen LogP contribution < -0.4 is 4.72 Å². The van der Waals surface area contributed by atoms with Crippen molar-refractivity contribution in [2.24, 2.45) is 5.92 Å². The minimum Gasteiger partial charge on any atom is -0.476 e. The van der Waals surface area contributed by atoms with Crippen molar-refractivity contribution in [3.63, 3.8) is 0 Å². The number of carboxylic acids is 1. The Morgan fingerprint density at radius 1 is 1.53 bits per heavy atom. The minimum atomic E-state index is -3.28. The number of aromatic carboxylic acids is 1. The Kier molecular flexibility index (Phi) is 5.43. The first-order chi connectivity index (χ1) is 8.80. The second kappa shape index (κ2) is 6.62. The molecule has 0 bridgehead atoms. The molecule has 1 heterocycles. The summed E-state index contributed by atoms with van der Waals surface area (Å²) in [6.07, 6.45) is 1.85. The Morgan fingerprint density at radius 2 is 2.21 bits per heavy atom. The van der Waals surface area contributed by atoms with Gasteiger partial charge in [-0.3, -0.25) is 4.68 Å². The maximum Gasteiger partial charge on any atom is 0.358 e. The van der Waals surface area contributed by atoms with E-state index in [-0.39, 0.29) is 24.5 Å². The van der Waals surface area contributed by atoms with Gasteiger partial charge in [0, 0.05) is 6.54 Å². The number of carbonyl (C=O) groups is 1. The molecule has 8 nitrogen and oxygen atoms in total. The zero-order valence-electron chi connectivity index (χ0n) is 10.9. The molecule has 0 radical (unpaired) electrons. The summed E-state index contributed by atoms with van der Waals surface area (Å²) in [5.74, 6) is -0.753. The molecule has 0 unspecified atom stereocenters. The van der Waals surface area contributed by atoms with Gasteiger partial charge in [-0.15, -0.1) is 5.10 Å². The molecule has 1 rings (SSSR count). The van der Waals surface area contributed by atoms with Crippen LogP contribution in [-0.4, -0.2) is 46.8 Å². The van der Waals surface area contributed by atoms with Crippen molar-refractivity contribution < 1.29 is 18.3 Å². The van der Waals surface area contributed by atoms with E-state index in [1.54, 1.807) is 0 Å². The third-order valence-electron chi connectivity index (χ3n) is 2.38. The van der Waals surface area contributed by atoms with Crippen LogP contribution in [0, 0.1) is 5.92 Å². The molecule has 0 fully saturated rings. The summed E-state index contributed by atoms with van der Waals surface area (Å²) in [7, 11) is -3.28. The number of nitrogens with zero attached hydrogens (tertiary/aromatic N) is 3. The summed E-state index contributed by atoms with van der Waals surface area (Å²) in [6.45, 7) is 4.31. The largest absolute Gasteiger partial charge is 0.476 e. The molecule has 108 valence electrons.